The Hall–Kier alpha value is -1.07. The number of carbonyl (C=O) groups excluding carboxylic acids is 1. The third-order valence-electron chi connectivity index (χ3n) is 2.98. The lowest BCUT2D eigenvalue weighted by Crippen LogP contribution is -2.15. The fourth-order valence-electron chi connectivity index (χ4n) is 1.59. The molecule has 1 atom stereocenters. The maximum absolute atomic E-state index is 11.8. The average Bonchev–Trinajstić information content (AvgIpc) is 2.30. The van der Waals surface area contributed by atoms with E-state index in [2.05, 4.69) is 5.32 Å². The molecule has 6 heteroatoms. The summed E-state index contributed by atoms with van der Waals surface area (Å²) in [5.74, 6) is 0.252. The molecule has 0 bridgehead atoms. The van der Waals surface area contributed by atoms with Gasteiger partial charge in [0.2, 0.25) is 5.91 Å². The summed E-state index contributed by atoms with van der Waals surface area (Å²) in [5.41, 5.74) is 1.27. The summed E-state index contributed by atoms with van der Waals surface area (Å²) in [6.45, 7) is 5.77. The molecule has 1 unspecified atom stereocenters. The molecule has 0 aliphatic heterocycles. The molecule has 0 saturated carbocycles. The largest absolute Gasteiger partial charge is 0.326 e. The molecule has 1 aromatic rings. The molecule has 0 saturated heterocycles. The van der Waals surface area contributed by atoms with Crippen molar-refractivity contribution in [2.75, 3.05) is 5.32 Å². The fraction of sp³-hybridized carbons (Fsp3) is 0.462. The van der Waals surface area contributed by atoms with E-state index in [1.807, 2.05) is 13.8 Å². The predicted molar refractivity (Wildman–Crippen MR) is 76.9 cm³/mol. The first-order valence-corrected chi connectivity index (χ1v) is 8.40. The number of hydrogen-bond acceptors (Lipinski definition) is 3. The lowest BCUT2D eigenvalue weighted by Gasteiger charge is -2.11. The van der Waals surface area contributed by atoms with Crippen LogP contribution in [0.5, 0.6) is 0 Å². The lowest BCUT2D eigenvalue weighted by atomic mass is 10.0. The Balaban J connectivity index is 2.84. The summed E-state index contributed by atoms with van der Waals surface area (Å²) >= 11 is 0. The van der Waals surface area contributed by atoms with Crippen LogP contribution in [0.15, 0.2) is 23.1 Å². The van der Waals surface area contributed by atoms with Crippen LogP contribution in [-0.4, -0.2) is 14.3 Å². The van der Waals surface area contributed by atoms with Crippen LogP contribution in [0, 0.1) is 12.8 Å². The predicted octanol–water partition coefficient (Wildman–Crippen LogP) is 3.30. The smallest absolute Gasteiger partial charge is 0.261 e. The Bertz CT molecular complexity index is 569. The molecule has 1 aromatic carbocycles. The van der Waals surface area contributed by atoms with Crippen molar-refractivity contribution in [2.45, 2.75) is 38.5 Å². The van der Waals surface area contributed by atoms with Crippen molar-refractivity contribution < 1.29 is 13.2 Å². The van der Waals surface area contributed by atoms with Gasteiger partial charge in [0, 0.05) is 22.8 Å². The van der Waals surface area contributed by atoms with E-state index < -0.39 is 9.05 Å². The van der Waals surface area contributed by atoms with Gasteiger partial charge in [-0.3, -0.25) is 4.79 Å². The van der Waals surface area contributed by atoms with Crippen molar-refractivity contribution in [2.24, 2.45) is 5.92 Å². The number of benzene rings is 1. The minimum atomic E-state index is -3.73. The zero-order chi connectivity index (χ0) is 14.6. The van der Waals surface area contributed by atoms with Crippen molar-refractivity contribution in [3.05, 3.63) is 23.8 Å². The number of rotatable bonds is 5. The van der Waals surface area contributed by atoms with Crippen LogP contribution in [-0.2, 0) is 13.8 Å². The van der Waals surface area contributed by atoms with E-state index in [-0.39, 0.29) is 10.8 Å². The number of hydrogen-bond donors (Lipinski definition) is 1. The first-order valence-electron chi connectivity index (χ1n) is 6.09. The van der Waals surface area contributed by atoms with Gasteiger partial charge in [0.1, 0.15) is 0 Å². The molecule has 0 spiro atoms. The topological polar surface area (TPSA) is 63.2 Å². The van der Waals surface area contributed by atoms with E-state index in [1.165, 1.54) is 12.1 Å². The van der Waals surface area contributed by atoms with Crippen LogP contribution in [0.2, 0.25) is 0 Å². The zero-order valence-corrected chi connectivity index (χ0v) is 12.8. The highest BCUT2D eigenvalue weighted by molar-refractivity contribution is 8.13. The Morgan fingerprint density at radius 1 is 1.42 bits per heavy atom. The van der Waals surface area contributed by atoms with Crippen LogP contribution >= 0.6 is 10.7 Å². The van der Waals surface area contributed by atoms with Crippen molar-refractivity contribution in [3.8, 4) is 0 Å². The van der Waals surface area contributed by atoms with E-state index in [1.54, 1.807) is 13.0 Å². The summed E-state index contributed by atoms with van der Waals surface area (Å²) in [6, 6.07) is 4.38. The van der Waals surface area contributed by atoms with Gasteiger partial charge in [0.15, 0.2) is 0 Å². The summed E-state index contributed by atoms with van der Waals surface area (Å²) < 4.78 is 22.4. The molecule has 0 fully saturated rings. The Morgan fingerprint density at radius 3 is 2.53 bits per heavy atom. The van der Waals surface area contributed by atoms with E-state index in [0.717, 1.165) is 6.42 Å². The molecule has 106 valence electrons. The van der Waals surface area contributed by atoms with Gasteiger partial charge in [0.25, 0.3) is 9.05 Å². The molecular formula is C13H18ClNO3S. The second kappa shape index (κ2) is 6.39. The number of halogens is 1. The Morgan fingerprint density at radius 2 is 2.05 bits per heavy atom. The van der Waals surface area contributed by atoms with E-state index >= 15 is 0 Å². The SMILES string of the molecule is CCC(C)CC(=O)Nc1ccc(S(=O)(=O)Cl)cc1C. The first kappa shape index (κ1) is 16.0. The molecule has 19 heavy (non-hydrogen) atoms. The number of aryl methyl sites for hydroxylation is 1. The van der Waals surface area contributed by atoms with Crippen molar-refractivity contribution in [3.63, 3.8) is 0 Å². The molecular weight excluding hydrogens is 286 g/mol. The van der Waals surface area contributed by atoms with E-state index in [4.69, 9.17) is 10.7 Å². The minimum absolute atomic E-state index is 0.0339. The van der Waals surface area contributed by atoms with E-state index in [9.17, 15) is 13.2 Å². The highest BCUT2D eigenvalue weighted by Gasteiger charge is 2.13. The molecule has 0 heterocycles. The molecule has 0 aromatic heterocycles. The maximum Gasteiger partial charge on any atom is 0.261 e. The fourth-order valence-corrected chi connectivity index (χ4v) is 2.43. The average molecular weight is 304 g/mol. The monoisotopic (exact) mass is 303 g/mol. The van der Waals surface area contributed by atoms with Gasteiger partial charge >= 0.3 is 0 Å². The second-order valence-corrected chi connectivity index (χ2v) is 7.25. The van der Waals surface area contributed by atoms with Crippen LogP contribution in [0.4, 0.5) is 5.69 Å². The van der Waals surface area contributed by atoms with Gasteiger partial charge in [-0.15, -0.1) is 0 Å². The Labute approximate surface area is 118 Å². The van der Waals surface area contributed by atoms with Crippen LogP contribution in [0.3, 0.4) is 0 Å². The van der Waals surface area contributed by atoms with Crippen molar-refractivity contribution in [1.82, 2.24) is 0 Å². The van der Waals surface area contributed by atoms with Crippen molar-refractivity contribution in [1.29, 1.82) is 0 Å². The summed E-state index contributed by atoms with van der Waals surface area (Å²) in [5, 5.41) is 2.78. The Kier molecular flexibility index (Phi) is 5.38. The molecule has 1 rings (SSSR count). The third-order valence-corrected chi connectivity index (χ3v) is 4.34. The van der Waals surface area contributed by atoms with Gasteiger partial charge < -0.3 is 5.32 Å². The van der Waals surface area contributed by atoms with Gasteiger partial charge in [-0.05, 0) is 36.6 Å². The van der Waals surface area contributed by atoms with Crippen LogP contribution < -0.4 is 5.32 Å². The van der Waals surface area contributed by atoms with Crippen molar-refractivity contribution >= 4 is 31.3 Å². The summed E-state index contributed by atoms with van der Waals surface area (Å²) in [6.07, 6.45) is 1.39. The first-order chi connectivity index (χ1) is 8.74. The summed E-state index contributed by atoms with van der Waals surface area (Å²) in [4.78, 5) is 11.8. The minimum Gasteiger partial charge on any atom is -0.326 e. The lowest BCUT2D eigenvalue weighted by molar-refractivity contribution is -0.117. The second-order valence-electron chi connectivity index (χ2n) is 4.68. The van der Waals surface area contributed by atoms with Gasteiger partial charge in [-0.1, -0.05) is 20.3 Å². The van der Waals surface area contributed by atoms with Gasteiger partial charge in [0.05, 0.1) is 4.90 Å². The highest BCUT2D eigenvalue weighted by Crippen LogP contribution is 2.22. The number of amides is 1. The maximum atomic E-state index is 11.8. The van der Waals surface area contributed by atoms with Crippen LogP contribution in [0.25, 0.3) is 0 Å². The van der Waals surface area contributed by atoms with Gasteiger partial charge in [-0.25, -0.2) is 8.42 Å². The standard InChI is InChI=1S/C13H18ClNO3S/c1-4-9(2)7-13(16)15-12-6-5-11(8-10(12)3)19(14,17)18/h5-6,8-9H,4,7H2,1-3H3,(H,15,16). The zero-order valence-electron chi connectivity index (χ0n) is 11.2. The number of carbonyl (C=O) groups is 1. The molecule has 4 nitrogen and oxygen atoms in total. The highest BCUT2D eigenvalue weighted by atomic mass is 35.7. The quantitative estimate of drug-likeness (QED) is 0.849. The third kappa shape index (κ3) is 4.84. The molecule has 0 aliphatic carbocycles. The molecule has 0 radical (unpaired) electrons. The number of anilines is 1. The molecule has 1 amide bonds. The normalized spacial score (nSPS) is 13.1. The number of nitrogens with one attached hydrogen (secondary N) is 1. The van der Waals surface area contributed by atoms with Gasteiger partial charge in [-0.2, -0.15) is 0 Å². The van der Waals surface area contributed by atoms with E-state index in [0.29, 0.717) is 23.6 Å². The molecule has 0 aliphatic rings. The summed E-state index contributed by atoms with van der Waals surface area (Å²) in [7, 11) is 1.53. The van der Waals surface area contributed by atoms with Crippen LogP contribution in [0.1, 0.15) is 32.3 Å². The molecule has 1 N–H and O–H groups in total.